The van der Waals surface area contributed by atoms with Gasteiger partial charge < -0.3 is 24.8 Å². The predicted octanol–water partition coefficient (Wildman–Crippen LogP) is 6.60. The Morgan fingerprint density at radius 1 is 0.780 bits per heavy atom. The van der Waals surface area contributed by atoms with E-state index in [4.69, 9.17) is 0 Å². The van der Waals surface area contributed by atoms with Gasteiger partial charge in [0.25, 0.3) is 0 Å². The molecule has 0 saturated heterocycles. The van der Waals surface area contributed by atoms with E-state index in [0.29, 0.717) is 5.41 Å². The van der Waals surface area contributed by atoms with Crippen molar-refractivity contribution in [3.63, 3.8) is 0 Å². The van der Waals surface area contributed by atoms with Gasteiger partial charge in [-0.05, 0) is 70.2 Å². The molecule has 3 aliphatic rings. The summed E-state index contributed by atoms with van der Waals surface area (Å²) in [4.78, 5) is 0. The van der Waals surface area contributed by atoms with Crippen molar-refractivity contribution in [3.8, 4) is 11.1 Å². The van der Waals surface area contributed by atoms with Gasteiger partial charge in [0, 0.05) is 0 Å². The molecule has 0 atom stereocenters. The molecule has 3 heteroatoms. The van der Waals surface area contributed by atoms with Crippen molar-refractivity contribution in [1.82, 2.24) is 0 Å². The molecule has 0 radical (unpaired) electrons. The summed E-state index contributed by atoms with van der Waals surface area (Å²) in [6.45, 7) is 27.2. The number of aryl methyl sites for hydroxylation is 2. The Kier molecular flexibility index (Phi) is 13.6. The monoisotopic (exact) mass is 780 g/mol. The van der Waals surface area contributed by atoms with Gasteiger partial charge in [-0.25, -0.2) is 18.6 Å². The Labute approximate surface area is 331 Å². The summed E-state index contributed by atoms with van der Waals surface area (Å²) >= 11 is 1.51. The van der Waals surface area contributed by atoms with Gasteiger partial charge in [0.15, 0.2) is 0 Å². The predicted molar refractivity (Wildman–Crippen MR) is 208 cm³/mol. The van der Waals surface area contributed by atoms with Crippen LogP contribution in [0.4, 0.5) is 0 Å². The number of fused-ring (bicyclic) bond motifs is 5. The maximum absolute atomic E-state index is 2.51. The minimum Gasteiger partial charge on any atom is -1.00 e. The molecule has 4 aromatic carbocycles. The first-order valence-electron chi connectivity index (χ1n) is 17.8. The number of hydrogen-bond donors (Lipinski definition) is 0. The zero-order chi connectivity index (χ0) is 35.2. The normalized spacial score (nSPS) is 15.6. The average molecular weight is 783 g/mol. The summed E-state index contributed by atoms with van der Waals surface area (Å²) in [5, 5.41) is 0. The van der Waals surface area contributed by atoms with Gasteiger partial charge >= 0.3 is 76.7 Å². The van der Waals surface area contributed by atoms with Gasteiger partial charge in [-0.15, -0.1) is 12.5 Å². The third kappa shape index (κ3) is 9.00. The standard InChI is InChI=1S/C27H29.C11H17.C9H10.2ClH.Zr/c1-16-7-9-26(3,4)24-12-18-11-19-13-25-21(17(2)8-10-27(25,5)6)15-23(19)22(18)14-20(16)24;1-5-9-6-7-10(8-9)11(2,3)4;1-3-9-6-4-8(2)5-7-9;;;/h7-9,12-15H,10-11H2,1-6H3;6-8H,5H2,1-4H3;4-7H,1-2H3;2*1H;/q2*-1;;;;+2/p-2. The number of rotatable bonds is 2. The van der Waals surface area contributed by atoms with Gasteiger partial charge in [0.2, 0.25) is 0 Å². The number of allylic oxidation sites excluding steroid dienone is 4. The fourth-order valence-electron chi connectivity index (χ4n) is 7.16. The average Bonchev–Trinajstić information content (AvgIpc) is 3.66. The molecule has 0 spiro atoms. The Morgan fingerprint density at radius 3 is 1.84 bits per heavy atom. The Balaban J connectivity index is 0.000000244. The van der Waals surface area contributed by atoms with Crippen LogP contribution in [0.3, 0.4) is 0 Å². The molecule has 0 unspecified atom stereocenters. The van der Waals surface area contributed by atoms with Gasteiger partial charge in [-0.3, -0.25) is 0 Å². The first-order valence-corrected chi connectivity index (χ1v) is 19.1. The smallest absolute Gasteiger partial charge is 1.00 e. The largest absolute Gasteiger partial charge is 1.00 e. The molecule has 4 aromatic rings. The van der Waals surface area contributed by atoms with Crippen LogP contribution in [0.5, 0.6) is 0 Å². The molecular weight excluding hydrogens is 727 g/mol. The second kappa shape index (κ2) is 16.2. The van der Waals surface area contributed by atoms with Crippen molar-refractivity contribution in [2.75, 3.05) is 0 Å². The van der Waals surface area contributed by atoms with Crippen LogP contribution < -0.4 is 24.8 Å². The Bertz CT molecular complexity index is 1820. The number of halogens is 2. The van der Waals surface area contributed by atoms with E-state index >= 15 is 0 Å². The van der Waals surface area contributed by atoms with Crippen LogP contribution >= 0.6 is 0 Å². The Morgan fingerprint density at radius 2 is 1.34 bits per heavy atom. The molecule has 0 fully saturated rings. The van der Waals surface area contributed by atoms with Crippen molar-refractivity contribution in [3.05, 3.63) is 141 Å². The maximum Gasteiger partial charge on any atom is -1.00 e. The second-order valence-electron chi connectivity index (χ2n) is 16.6. The van der Waals surface area contributed by atoms with Crippen LogP contribution in [-0.4, -0.2) is 3.21 Å². The summed E-state index contributed by atoms with van der Waals surface area (Å²) in [5.41, 5.74) is 20.9. The van der Waals surface area contributed by atoms with Crippen LogP contribution in [0.15, 0.2) is 78.9 Å². The molecule has 0 bridgehead atoms. The minimum absolute atomic E-state index is 0. The molecule has 0 saturated carbocycles. The van der Waals surface area contributed by atoms with E-state index in [1.165, 1.54) is 105 Å². The van der Waals surface area contributed by atoms with Crippen LogP contribution in [0, 0.1) is 13.3 Å². The van der Waals surface area contributed by atoms with Crippen molar-refractivity contribution >= 4 is 14.4 Å². The number of benzene rings is 3. The minimum atomic E-state index is 0. The van der Waals surface area contributed by atoms with Crippen LogP contribution in [0.2, 0.25) is 0 Å². The molecule has 0 nitrogen and oxygen atoms in total. The van der Waals surface area contributed by atoms with E-state index in [2.05, 4.69) is 168 Å². The van der Waals surface area contributed by atoms with Crippen LogP contribution in [0.25, 0.3) is 22.3 Å². The summed E-state index contributed by atoms with van der Waals surface area (Å²) in [7, 11) is 0. The van der Waals surface area contributed by atoms with E-state index in [0.717, 1.165) is 19.3 Å². The zero-order valence-corrected chi connectivity index (χ0v) is 36.4. The second-order valence-corrected chi connectivity index (χ2v) is 18.4. The van der Waals surface area contributed by atoms with E-state index in [-0.39, 0.29) is 35.6 Å². The Hall–Kier alpha value is -2.31. The third-order valence-corrected chi connectivity index (χ3v) is 11.4. The summed E-state index contributed by atoms with van der Waals surface area (Å²) in [5.74, 6) is 0. The van der Waals surface area contributed by atoms with E-state index in [1.54, 1.807) is 0 Å². The fraction of sp³-hybridized carbons (Fsp3) is 0.383. The van der Waals surface area contributed by atoms with Gasteiger partial charge in [-0.2, -0.15) is 28.8 Å². The van der Waals surface area contributed by atoms with Crippen LogP contribution in [0.1, 0.15) is 138 Å². The van der Waals surface area contributed by atoms with Gasteiger partial charge in [0.1, 0.15) is 0 Å². The maximum atomic E-state index is 2.51. The molecule has 0 aliphatic heterocycles. The number of hydrogen-bond acceptors (Lipinski definition) is 0. The van der Waals surface area contributed by atoms with Crippen molar-refractivity contribution in [2.24, 2.45) is 0 Å². The molecule has 0 heterocycles. The topological polar surface area (TPSA) is 0 Å². The first-order chi connectivity index (χ1) is 22.4. The summed E-state index contributed by atoms with van der Waals surface area (Å²) in [6, 6.07) is 25.4. The SMILES string of the molecule is CC1=C[CH-]C(C)(C)c2cc3c(cc21)-c1cc2c(cc1C3)C(C)(C)CC=C2C.CCc1cc(C(C)(C)C)c[cH-]1.C[C](=[Zr+2])c1ccc(C)cc1.[Cl-].[Cl-]. The molecular formula is C47H56Cl2Zr-2. The van der Waals surface area contributed by atoms with Gasteiger partial charge in [0.05, 0.1) is 0 Å². The molecule has 0 amide bonds. The summed E-state index contributed by atoms with van der Waals surface area (Å²) in [6.07, 6.45) is 10.4. The van der Waals surface area contributed by atoms with E-state index in [9.17, 15) is 0 Å². The van der Waals surface area contributed by atoms with Gasteiger partial charge in [-0.1, -0.05) is 102 Å². The first kappa shape index (κ1) is 42.1. The molecule has 0 N–H and O–H groups in total. The fourth-order valence-corrected chi connectivity index (χ4v) is 7.57. The van der Waals surface area contributed by atoms with Crippen molar-refractivity contribution in [2.45, 2.75) is 119 Å². The molecule has 3 aliphatic carbocycles. The molecule has 50 heavy (non-hydrogen) atoms. The van der Waals surface area contributed by atoms with Crippen LogP contribution in [-0.2, 0) is 53.3 Å². The zero-order valence-electron chi connectivity index (χ0n) is 32.5. The van der Waals surface area contributed by atoms with Crippen molar-refractivity contribution in [1.29, 1.82) is 0 Å². The summed E-state index contributed by atoms with van der Waals surface area (Å²) < 4.78 is 1.46. The molecule has 7 rings (SSSR count). The van der Waals surface area contributed by atoms with Crippen molar-refractivity contribution < 1.29 is 49.0 Å². The quantitative estimate of drug-likeness (QED) is 0.177. The third-order valence-electron chi connectivity index (χ3n) is 10.7. The molecule has 0 aromatic heterocycles. The van der Waals surface area contributed by atoms with E-state index < -0.39 is 0 Å². The van der Waals surface area contributed by atoms with E-state index in [1.807, 2.05) is 0 Å². The molecule has 264 valence electrons.